The number of allylic oxidation sites excluding steroid dienone is 3. The Balaban J connectivity index is 1.74. The topological polar surface area (TPSA) is 54.1 Å². The number of rotatable bonds is 6. The Bertz CT molecular complexity index is 830. The Labute approximate surface area is 149 Å². The van der Waals surface area contributed by atoms with Crippen LogP contribution in [0.1, 0.15) is 50.0 Å². The summed E-state index contributed by atoms with van der Waals surface area (Å²) in [6.45, 7) is 4.31. The summed E-state index contributed by atoms with van der Waals surface area (Å²) in [4.78, 5) is 15.9. The minimum Gasteiger partial charge on any atom is -0.497 e. The third-order valence-corrected chi connectivity index (χ3v) is 4.89. The summed E-state index contributed by atoms with van der Waals surface area (Å²) in [5, 5.41) is 4.18. The third-order valence-electron chi connectivity index (χ3n) is 4.89. The van der Waals surface area contributed by atoms with Crippen molar-refractivity contribution in [3.8, 4) is 5.75 Å². The van der Waals surface area contributed by atoms with Gasteiger partial charge in [-0.1, -0.05) is 24.6 Å². The number of carbonyl (C=O) groups excluding carboxylic acids is 1. The molecule has 0 aliphatic heterocycles. The summed E-state index contributed by atoms with van der Waals surface area (Å²) in [5.41, 5.74) is 4.30. The van der Waals surface area contributed by atoms with Crippen LogP contribution in [0, 0.1) is 0 Å². The monoisotopic (exact) mass is 338 g/mol. The molecular weight excluding hydrogens is 312 g/mol. The van der Waals surface area contributed by atoms with Crippen LogP contribution in [0.3, 0.4) is 0 Å². The zero-order valence-corrected chi connectivity index (χ0v) is 15.2. The molecule has 1 aromatic carbocycles. The van der Waals surface area contributed by atoms with Crippen molar-refractivity contribution >= 4 is 16.8 Å². The summed E-state index contributed by atoms with van der Waals surface area (Å²) in [5.74, 6) is 0.740. The lowest BCUT2D eigenvalue weighted by molar-refractivity contribution is 0.0938. The molecule has 0 bridgehead atoms. The Hall–Kier alpha value is -2.49. The zero-order chi connectivity index (χ0) is 17.8. The molecule has 4 nitrogen and oxygen atoms in total. The number of amides is 1. The van der Waals surface area contributed by atoms with Crippen molar-refractivity contribution in [2.75, 3.05) is 7.11 Å². The minimum atomic E-state index is -0.0492. The van der Waals surface area contributed by atoms with E-state index in [1.165, 1.54) is 11.1 Å². The van der Waals surface area contributed by atoms with E-state index in [0.29, 0.717) is 5.69 Å². The normalized spacial score (nSPS) is 17.6. The fourth-order valence-electron chi connectivity index (χ4n) is 3.44. The molecule has 4 heteroatoms. The van der Waals surface area contributed by atoms with Gasteiger partial charge in [-0.3, -0.25) is 4.79 Å². The molecule has 1 aliphatic carbocycles. The van der Waals surface area contributed by atoms with Crippen LogP contribution >= 0.6 is 0 Å². The summed E-state index contributed by atoms with van der Waals surface area (Å²) in [6, 6.07) is 7.78. The van der Waals surface area contributed by atoms with Gasteiger partial charge in [-0.25, -0.2) is 0 Å². The van der Waals surface area contributed by atoms with Gasteiger partial charge in [0.1, 0.15) is 11.4 Å². The van der Waals surface area contributed by atoms with E-state index in [0.717, 1.165) is 42.3 Å². The number of nitrogens with one attached hydrogen (secondary N) is 2. The highest BCUT2D eigenvalue weighted by Gasteiger charge is 2.24. The van der Waals surface area contributed by atoms with E-state index < -0.39 is 0 Å². The maximum atomic E-state index is 12.7. The maximum absolute atomic E-state index is 12.7. The first kappa shape index (κ1) is 17.3. The number of hydrogen-bond acceptors (Lipinski definition) is 2. The first-order chi connectivity index (χ1) is 12.1. The molecule has 0 saturated carbocycles. The van der Waals surface area contributed by atoms with Gasteiger partial charge in [0.05, 0.1) is 13.2 Å². The van der Waals surface area contributed by atoms with E-state index in [9.17, 15) is 4.79 Å². The molecule has 2 aromatic rings. The van der Waals surface area contributed by atoms with Gasteiger partial charge in [-0.2, -0.15) is 0 Å². The smallest absolute Gasteiger partial charge is 0.268 e. The van der Waals surface area contributed by atoms with Crippen molar-refractivity contribution in [2.45, 2.75) is 45.6 Å². The van der Waals surface area contributed by atoms with E-state index in [4.69, 9.17) is 4.74 Å². The largest absolute Gasteiger partial charge is 0.497 e. The fraction of sp³-hybridized carbons (Fsp3) is 0.381. The molecule has 132 valence electrons. The van der Waals surface area contributed by atoms with Gasteiger partial charge in [0.15, 0.2) is 0 Å². The van der Waals surface area contributed by atoms with E-state index >= 15 is 0 Å². The van der Waals surface area contributed by atoms with Gasteiger partial charge in [0.25, 0.3) is 5.91 Å². The predicted octanol–water partition coefficient (Wildman–Crippen LogP) is 4.74. The van der Waals surface area contributed by atoms with Crippen molar-refractivity contribution in [1.82, 2.24) is 10.3 Å². The van der Waals surface area contributed by atoms with Crippen molar-refractivity contribution in [3.05, 3.63) is 53.3 Å². The molecule has 3 rings (SSSR count). The number of carbonyl (C=O) groups is 1. The standard InChI is InChI=1S/C21H26N2O2/c1-4-5-6-7-17-14(2)8-10-19(17)23-21(24)20-13-15-12-16(25-3)9-11-18(15)22-20/h5-6,9,11-13,19,22H,4,7-8,10H2,1-3H3,(H,23,24)/b6-5-. The highest BCUT2D eigenvalue weighted by Crippen LogP contribution is 2.29. The SMILES string of the molecule is CC/C=C\CC1=C(C)CCC1NC(=O)c1cc2cc(OC)ccc2[nH]1. The summed E-state index contributed by atoms with van der Waals surface area (Å²) in [7, 11) is 1.64. The first-order valence-corrected chi connectivity index (χ1v) is 8.93. The van der Waals surface area contributed by atoms with Crippen LogP contribution in [0.15, 0.2) is 47.6 Å². The summed E-state index contributed by atoms with van der Waals surface area (Å²) >= 11 is 0. The fourth-order valence-corrected chi connectivity index (χ4v) is 3.44. The Morgan fingerprint density at radius 1 is 1.36 bits per heavy atom. The molecule has 0 fully saturated rings. The molecule has 1 aliphatic rings. The molecule has 1 amide bonds. The predicted molar refractivity (Wildman–Crippen MR) is 102 cm³/mol. The zero-order valence-electron chi connectivity index (χ0n) is 15.2. The highest BCUT2D eigenvalue weighted by molar-refractivity contribution is 5.98. The molecular formula is C21H26N2O2. The van der Waals surface area contributed by atoms with Gasteiger partial charge >= 0.3 is 0 Å². The number of hydrogen-bond donors (Lipinski definition) is 2. The van der Waals surface area contributed by atoms with Crippen LogP contribution in [0.2, 0.25) is 0 Å². The van der Waals surface area contributed by atoms with Crippen LogP contribution in [0.25, 0.3) is 10.9 Å². The van der Waals surface area contributed by atoms with Crippen molar-refractivity contribution in [3.63, 3.8) is 0 Å². The number of aromatic amines is 1. The molecule has 0 spiro atoms. The second-order valence-electron chi connectivity index (χ2n) is 6.59. The van der Waals surface area contributed by atoms with Crippen molar-refractivity contribution in [2.24, 2.45) is 0 Å². The molecule has 0 radical (unpaired) electrons. The molecule has 1 heterocycles. The molecule has 1 atom stereocenters. The van der Waals surface area contributed by atoms with Crippen LogP contribution in [-0.2, 0) is 0 Å². The van der Waals surface area contributed by atoms with Crippen LogP contribution < -0.4 is 10.1 Å². The van der Waals surface area contributed by atoms with Gasteiger partial charge in [0, 0.05) is 10.9 Å². The van der Waals surface area contributed by atoms with Gasteiger partial charge in [-0.15, -0.1) is 0 Å². The molecule has 25 heavy (non-hydrogen) atoms. The average molecular weight is 338 g/mol. The number of fused-ring (bicyclic) bond motifs is 1. The number of benzene rings is 1. The minimum absolute atomic E-state index is 0.0492. The van der Waals surface area contributed by atoms with Crippen molar-refractivity contribution < 1.29 is 9.53 Å². The number of ether oxygens (including phenoxy) is 1. The first-order valence-electron chi connectivity index (χ1n) is 8.93. The van der Waals surface area contributed by atoms with E-state index in [-0.39, 0.29) is 11.9 Å². The quantitative estimate of drug-likeness (QED) is 0.747. The van der Waals surface area contributed by atoms with E-state index in [1.54, 1.807) is 7.11 Å². The van der Waals surface area contributed by atoms with Gasteiger partial charge < -0.3 is 15.0 Å². The molecule has 2 N–H and O–H groups in total. The van der Waals surface area contributed by atoms with Gasteiger partial charge in [-0.05, 0) is 62.4 Å². The second-order valence-corrected chi connectivity index (χ2v) is 6.59. The number of aromatic nitrogens is 1. The van der Waals surface area contributed by atoms with E-state index in [2.05, 4.69) is 36.3 Å². The lowest BCUT2D eigenvalue weighted by Gasteiger charge is -2.16. The summed E-state index contributed by atoms with van der Waals surface area (Å²) in [6.07, 6.45) is 8.41. The van der Waals surface area contributed by atoms with Crippen LogP contribution in [0.5, 0.6) is 5.75 Å². The highest BCUT2D eigenvalue weighted by atomic mass is 16.5. The maximum Gasteiger partial charge on any atom is 0.268 e. The van der Waals surface area contributed by atoms with Crippen LogP contribution in [0.4, 0.5) is 0 Å². The lowest BCUT2D eigenvalue weighted by atomic mass is 10.0. The van der Waals surface area contributed by atoms with Crippen molar-refractivity contribution in [1.29, 1.82) is 0 Å². The third kappa shape index (κ3) is 3.78. The summed E-state index contributed by atoms with van der Waals surface area (Å²) < 4.78 is 5.25. The van der Waals surface area contributed by atoms with E-state index in [1.807, 2.05) is 24.3 Å². The number of H-pyrrole nitrogens is 1. The molecule has 0 saturated heterocycles. The number of methoxy groups -OCH3 is 1. The Morgan fingerprint density at radius 3 is 2.96 bits per heavy atom. The average Bonchev–Trinajstić information content (AvgIpc) is 3.19. The lowest BCUT2D eigenvalue weighted by Crippen LogP contribution is -2.34. The molecule has 1 aromatic heterocycles. The Morgan fingerprint density at radius 2 is 2.20 bits per heavy atom. The van der Waals surface area contributed by atoms with Crippen LogP contribution in [-0.4, -0.2) is 24.0 Å². The van der Waals surface area contributed by atoms with Gasteiger partial charge in [0.2, 0.25) is 0 Å². The second kappa shape index (κ2) is 7.60. The molecule has 1 unspecified atom stereocenters. The Kier molecular flexibility index (Phi) is 5.27.